The van der Waals surface area contributed by atoms with E-state index in [2.05, 4.69) is 17.1 Å². The lowest BCUT2D eigenvalue weighted by Crippen LogP contribution is -2.54. The van der Waals surface area contributed by atoms with Gasteiger partial charge in [-0.15, -0.1) is 0 Å². The molecule has 0 saturated carbocycles. The second-order valence-corrected chi connectivity index (χ2v) is 5.58. The van der Waals surface area contributed by atoms with Gasteiger partial charge in [-0.25, -0.2) is 0 Å². The lowest BCUT2D eigenvalue weighted by molar-refractivity contribution is -0.124. The van der Waals surface area contributed by atoms with Gasteiger partial charge in [-0.3, -0.25) is 9.69 Å². The third kappa shape index (κ3) is 2.80. The number of amides is 1. The number of nitrogens with zero attached hydrogens (tertiary/aromatic N) is 1. The van der Waals surface area contributed by atoms with E-state index in [1.165, 1.54) is 25.7 Å². The van der Waals surface area contributed by atoms with Crippen LogP contribution >= 0.6 is 0 Å². The van der Waals surface area contributed by atoms with Crippen molar-refractivity contribution in [1.29, 1.82) is 0 Å². The number of carbonyl (C=O) groups excluding carboxylic acids is 1. The maximum absolute atomic E-state index is 11.4. The van der Waals surface area contributed by atoms with Crippen LogP contribution in [-0.4, -0.2) is 41.5 Å². The monoisotopic (exact) mass is 239 g/mol. The molecule has 2 aliphatic rings. The molecular weight excluding hydrogens is 214 g/mol. The van der Waals surface area contributed by atoms with Gasteiger partial charge >= 0.3 is 0 Å². The van der Waals surface area contributed by atoms with Crippen molar-refractivity contribution in [2.24, 2.45) is 5.73 Å². The van der Waals surface area contributed by atoms with Crippen LogP contribution in [0, 0.1) is 0 Å². The highest BCUT2D eigenvalue weighted by Gasteiger charge is 2.37. The van der Waals surface area contributed by atoms with Crippen LogP contribution in [0.1, 0.15) is 46.0 Å². The Hall–Kier alpha value is -0.610. The van der Waals surface area contributed by atoms with Gasteiger partial charge in [-0.05, 0) is 45.6 Å². The fourth-order valence-electron chi connectivity index (χ4n) is 3.41. The molecular formula is C13H25N3O. The van der Waals surface area contributed by atoms with Crippen LogP contribution in [-0.2, 0) is 4.79 Å². The van der Waals surface area contributed by atoms with Crippen LogP contribution in [0.25, 0.3) is 0 Å². The quantitative estimate of drug-likeness (QED) is 0.748. The summed E-state index contributed by atoms with van der Waals surface area (Å²) in [4.78, 5) is 13.7. The van der Waals surface area contributed by atoms with E-state index in [-0.39, 0.29) is 11.9 Å². The minimum atomic E-state index is -0.190. The van der Waals surface area contributed by atoms with Crippen LogP contribution in [0.4, 0.5) is 0 Å². The molecule has 4 heteroatoms. The summed E-state index contributed by atoms with van der Waals surface area (Å²) in [5.74, 6) is -0.190. The molecule has 1 amide bonds. The maximum Gasteiger partial charge on any atom is 0.234 e. The highest BCUT2D eigenvalue weighted by molar-refractivity contribution is 5.79. The van der Waals surface area contributed by atoms with Crippen LogP contribution in [0.2, 0.25) is 0 Å². The molecule has 17 heavy (non-hydrogen) atoms. The van der Waals surface area contributed by atoms with E-state index in [0.29, 0.717) is 18.1 Å². The Morgan fingerprint density at radius 1 is 1.41 bits per heavy atom. The number of carbonyl (C=O) groups is 1. The fourth-order valence-corrected chi connectivity index (χ4v) is 3.41. The number of fused-ring (bicyclic) bond motifs is 2. The van der Waals surface area contributed by atoms with Crippen molar-refractivity contribution in [2.45, 2.75) is 70.1 Å². The number of hydrogen-bond acceptors (Lipinski definition) is 3. The van der Waals surface area contributed by atoms with E-state index in [9.17, 15) is 4.79 Å². The minimum absolute atomic E-state index is 0.127. The van der Waals surface area contributed by atoms with E-state index in [1.54, 1.807) is 0 Å². The van der Waals surface area contributed by atoms with E-state index >= 15 is 0 Å². The van der Waals surface area contributed by atoms with E-state index in [0.717, 1.165) is 13.0 Å². The summed E-state index contributed by atoms with van der Waals surface area (Å²) in [5, 5.41) is 3.64. The van der Waals surface area contributed by atoms with Gasteiger partial charge in [0.15, 0.2) is 0 Å². The average molecular weight is 239 g/mol. The molecule has 3 unspecified atom stereocenters. The number of nitrogens with one attached hydrogen (secondary N) is 1. The van der Waals surface area contributed by atoms with E-state index in [1.807, 2.05) is 6.92 Å². The summed E-state index contributed by atoms with van der Waals surface area (Å²) in [6, 6.07) is 1.74. The SMILES string of the molecule is CCCN(C1CC2CCC(C1)N2)C(C)C(N)=O. The van der Waals surface area contributed by atoms with Gasteiger partial charge in [0.1, 0.15) is 0 Å². The molecule has 3 atom stereocenters. The zero-order chi connectivity index (χ0) is 12.4. The Morgan fingerprint density at radius 2 is 2.00 bits per heavy atom. The molecule has 2 fully saturated rings. The highest BCUT2D eigenvalue weighted by Crippen LogP contribution is 2.30. The first-order valence-electron chi connectivity index (χ1n) is 6.93. The smallest absolute Gasteiger partial charge is 0.234 e. The average Bonchev–Trinajstić information content (AvgIpc) is 2.64. The largest absolute Gasteiger partial charge is 0.368 e. The van der Waals surface area contributed by atoms with Gasteiger partial charge < -0.3 is 11.1 Å². The highest BCUT2D eigenvalue weighted by atomic mass is 16.1. The Labute approximate surface area is 104 Å². The van der Waals surface area contributed by atoms with Crippen molar-refractivity contribution < 1.29 is 4.79 Å². The molecule has 0 radical (unpaired) electrons. The summed E-state index contributed by atoms with van der Waals surface area (Å²) in [6.45, 7) is 5.09. The molecule has 0 aromatic rings. The molecule has 0 spiro atoms. The lowest BCUT2D eigenvalue weighted by atomic mass is 9.96. The third-order valence-electron chi connectivity index (χ3n) is 4.31. The molecule has 0 aromatic carbocycles. The first kappa shape index (κ1) is 12.8. The van der Waals surface area contributed by atoms with Gasteiger partial charge in [-0.1, -0.05) is 6.92 Å². The zero-order valence-corrected chi connectivity index (χ0v) is 11.0. The van der Waals surface area contributed by atoms with E-state index < -0.39 is 0 Å². The number of rotatable bonds is 5. The van der Waals surface area contributed by atoms with Crippen LogP contribution in [0.3, 0.4) is 0 Å². The van der Waals surface area contributed by atoms with Gasteiger partial charge in [0.05, 0.1) is 6.04 Å². The van der Waals surface area contributed by atoms with Crippen molar-refractivity contribution >= 4 is 5.91 Å². The molecule has 2 bridgehead atoms. The van der Waals surface area contributed by atoms with Crippen molar-refractivity contribution in [2.75, 3.05) is 6.54 Å². The van der Waals surface area contributed by atoms with Crippen molar-refractivity contribution in [3.8, 4) is 0 Å². The standard InChI is InChI=1S/C13H25N3O/c1-3-6-16(9(2)13(14)17)12-7-10-4-5-11(8-12)15-10/h9-12,15H,3-8H2,1-2H3,(H2,14,17). The molecule has 3 N–H and O–H groups in total. The fraction of sp³-hybridized carbons (Fsp3) is 0.923. The molecule has 0 aromatic heterocycles. The topological polar surface area (TPSA) is 58.4 Å². The molecule has 2 heterocycles. The predicted molar refractivity (Wildman–Crippen MR) is 68.6 cm³/mol. The number of hydrogen-bond donors (Lipinski definition) is 2. The molecule has 2 aliphatic heterocycles. The maximum atomic E-state index is 11.4. The summed E-state index contributed by atoms with van der Waals surface area (Å²) < 4.78 is 0. The van der Waals surface area contributed by atoms with Gasteiger partial charge in [0.2, 0.25) is 5.91 Å². The first-order chi connectivity index (χ1) is 8.11. The molecule has 98 valence electrons. The van der Waals surface area contributed by atoms with Crippen molar-refractivity contribution in [3.63, 3.8) is 0 Å². The first-order valence-corrected chi connectivity index (χ1v) is 6.93. The van der Waals surface area contributed by atoms with Crippen LogP contribution in [0.15, 0.2) is 0 Å². The molecule has 4 nitrogen and oxygen atoms in total. The second kappa shape index (κ2) is 5.36. The predicted octanol–water partition coefficient (Wildman–Crippen LogP) is 0.855. The minimum Gasteiger partial charge on any atom is -0.368 e. The number of primary amides is 1. The number of piperidine rings is 1. The van der Waals surface area contributed by atoms with Gasteiger partial charge in [0.25, 0.3) is 0 Å². The Balaban J connectivity index is 2.02. The number of nitrogens with two attached hydrogens (primary N) is 1. The van der Waals surface area contributed by atoms with Crippen LogP contribution < -0.4 is 11.1 Å². The van der Waals surface area contributed by atoms with Gasteiger partial charge in [-0.2, -0.15) is 0 Å². The Kier molecular flexibility index (Phi) is 4.05. The van der Waals surface area contributed by atoms with Crippen molar-refractivity contribution in [1.82, 2.24) is 10.2 Å². The lowest BCUT2D eigenvalue weighted by Gasteiger charge is -2.40. The second-order valence-electron chi connectivity index (χ2n) is 5.58. The van der Waals surface area contributed by atoms with E-state index in [4.69, 9.17) is 5.73 Å². The Bertz CT molecular complexity index is 270. The summed E-state index contributed by atoms with van der Waals surface area (Å²) in [6.07, 6.45) is 6.03. The summed E-state index contributed by atoms with van der Waals surface area (Å²) >= 11 is 0. The zero-order valence-electron chi connectivity index (χ0n) is 11.0. The summed E-state index contributed by atoms with van der Waals surface area (Å²) in [5.41, 5.74) is 5.46. The molecule has 2 rings (SSSR count). The molecule has 0 aliphatic carbocycles. The van der Waals surface area contributed by atoms with Gasteiger partial charge in [0, 0.05) is 18.1 Å². The normalized spacial score (nSPS) is 33.9. The Morgan fingerprint density at radius 3 is 2.47 bits per heavy atom. The van der Waals surface area contributed by atoms with Crippen molar-refractivity contribution in [3.05, 3.63) is 0 Å². The summed E-state index contributed by atoms with van der Waals surface area (Å²) in [7, 11) is 0. The molecule has 2 saturated heterocycles. The van der Waals surface area contributed by atoms with Crippen LogP contribution in [0.5, 0.6) is 0 Å². The third-order valence-corrected chi connectivity index (χ3v) is 4.31.